The van der Waals surface area contributed by atoms with Gasteiger partial charge in [-0.25, -0.2) is 0 Å². The summed E-state index contributed by atoms with van der Waals surface area (Å²) < 4.78 is 5.19. The lowest BCUT2D eigenvalue weighted by molar-refractivity contribution is 0.154. The van der Waals surface area contributed by atoms with E-state index in [-0.39, 0.29) is 6.61 Å². The van der Waals surface area contributed by atoms with Gasteiger partial charge in [0.15, 0.2) is 0 Å². The van der Waals surface area contributed by atoms with Crippen molar-refractivity contribution in [2.45, 2.75) is 25.4 Å². The predicted octanol–water partition coefficient (Wildman–Crippen LogP) is 3.14. The molecule has 1 aromatic heterocycles. The molecule has 1 aromatic carbocycles. The van der Waals surface area contributed by atoms with Gasteiger partial charge < -0.3 is 15.2 Å². The highest BCUT2D eigenvalue weighted by Gasteiger charge is 2.29. The lowest BCUT2D eigenvalue weighted by Crippen LogP contribution is -2.44. The third kappa shape index (κ3) is 3.20. The summed E-state index contributed by atoms with van der Waals surface area (Å²) in [5.41, 5.74) is 0.677. The molecule has 2 aromatic rings. The molecule has 0 saturated heterocycles. The molecular formula is C16H21NO2S. The Hall–Kier alpha value is -1.36. The van der Waals surface area contributed by atoms with Crippen molar-refractivity contribution in [1.82, 2.24) is 5.32 Å². The fourth-order valence-corrected chi connectivity index (χ4v) is 2.91. The maximum Gasteiger partial charge on any atom is 0.118 e. The summed E-state index contributed by atoms with van der Waals surface area (Å²) in [5, 5.41) is 15.5. The van der Waals surface area contributed by atoms with Crippen LogP contribution in [-0.2, 0) is 12.1 Å². The van der Waals surface area contributed by atoms with E-state index in [1.165, 1.54) is 4.88 Å². The molecule has 0 bridgehead atoms. The summed E-state index contributed by atoms with van der Waals surface area (Å²) in [7, 11) is 1.66. The Morgan fingerprint density at radius 1 is 1.25 bits per heavy atom. The summed E-state index contributed by atoms with van der Waals surface area (Å²) in [4.78, 5) is 1.27. The van der Waals surface area contributed by atoms with Crippen molar-refractivity contribution in [3.63, 3.8) is 0 Å². The SMILES string of the molecule is CCC(CO)(NCc1cccs1)c1ccc(OC)cc1. The number of methoxy groups -OCH3 is 1. The smallest absolute Gasteiger partial charge is 0.118 e. The first kappa shape index (κ1) is 15.0. The van der Waals surface area contributed by atoms with Gasteiger partial charge in [-0.1, -0.05) is 25.1 Å². The minimum Gasteiger partial charge on any atom is -0.497 e. The maximum absolute atomic E-state index is 9.89. The van der Waals surface area contributed by atoms with Gasteiger partial charge in [0.2, 0.25) is 0 Å². The fourth-order valence-electron chi connectivity index (χ4n) is 2.27. The summed E-state index contributed by atoms with van der Waals surface area (Å²) in [6.45, 7) is 2.92. The van der Waals surface area contributed by atoms with Crippen LogP contribution in [0.1, 0.15) is 23.8 Å². The molecular weight excluding hydrogens is 270 g/mol. The predicted molar refractivity (Wildman–Crippen MR) is 83.2 cm³/mol. The van der Waals surface area contributed by atoms with Crippen molar-refractivity contribution in [1.29, 1.82) is 0 Å². The molecule has 0 spiro atoms. The second-order valence-corrected chi connectivity index (χ2v) is 5.79. The number of hydrogen-bond donors (Lipinski definition) is 2. The van der Waals surface area contributed by atoms with Crippen molar-refractivity contribution < 1.29 is 9.84 Å². The largest absolute Gasteiger partial charge is 0.497 e. The first-order chi connectivity index (χ1) is 9.74. The molecule has 0 saturated carbocycles. The molecule has 108 valence electrons. The Morgan fingerprint density at radius 3 is 2.50 bits per heavy atom. The van der Waals surface area contributed by atoms with Crippen LogP contribution in [0, 0.1) is 0 Å². The molecule has 1 heterocycles. The molecule has 1 atom stereocenters. The highest BCUT2D eigenvalue weighted by Crippen LogP contribution is 2.27. The molecule has 3 nitrogen and oxygen atoms in total. The minimum atomic E-state index is -0.406. The van der Waals surface area contributed by atoms with Gasteiger partial charge in [0.1, 0.15) is 5.75 Å². The van der Waals surface area contributed by atoms with E-state index in [0.29, 0.717) is 0 Å². The van der Waals surface area contributed by atoms with Crippen LogP contribution in [0.15, 0.2) is 41.8 Å². The zero-order chi connectivity index (χ0) is 14.4. The van der Waals surface area contributed by atoms with Gasteiger partial charge in [0.05, 0.1) is 19.3 Å². The Kier molecular flexibility index (Phi) is 5.17. The molecule has 0 amide bonds. The molecule has 0 fully saturated rings. The first-order valence-corrected chi connectivity index (χ1v) is 7.65. The quantitative estimate of drug-likeness (QED) is 0.823. The highest BCUT2D eigenvalue weighted by atomic mass is 32.1. The van der Waals surface area contributed by atoms with Gasteiger partial charge in [-0.3, -0.25) is 0 Å². The molecule has 0 radical (unpaired) electrons. The number of benzene rings is 1. The zero-order valence-electron chi connectivity index (χ0n) is 11.9. The van der Waals surface area contributed by atoms with Gasteiger partial charge in [0.25, 0.3) is 0 Å². The van der Waals surface area contributed by atoms with Gasteiger partial charge in [-0.2, -0.15) is 0 Å². The average Bonchev–Trinajstić information content (AvgIpc) is 3.03. The van der Waals surface area contributed by atoms with Crippen LogP contribution < -0.4 is 10.1 Å². The summed E-state index contributed by atoms with van der Waals surface area (Å²) in [6, 6.07) is 12.0. The van der Waals surface area contributed by atoms with Gasteiger partial charge in [0, 0.05) is 11.4 Å². The number of ether oxygens (including phenoxy) is 1. The van der Waals surface area contributed by atoms with E-state index in [1.807, 2.05) is 30.3 Å². The average molecular weight is 291 g/mol. The van der Waals surface area contributed by atoms with E-state index in [2.05, 4.69) is 23.7 Å². The fraction of sp³-hybridized carbons (Fsp3) is 0.375. The molecule has 20 heavy (non-hydrogen) atoms. The van der Waals surface area contributed by atoms with E-state index in [9.17, 15) is 5.11 Å². The van der Waals surface area contributed by atoms with Crippen LogP contribution >= 0.6 is 11.3 Å². The van der Waals surface area contributed by atoms with Crippen LogP contribution in [0.2, 0.25) is 0 Å². The second kappa shape index (κ2) is 6.88. The zero-order valence-corrected chi connectivity index (χ0v) is 12.7. The van der Waals surface area contributed by atoms with Crippen molar-refractivity contribution in [3.05, 3.63) is 52.2 Å². The molecule has 2 N–H and O–H groups in total. The summed E-state index contributed by atoms with van der Waals surface area (Å²) in [6.07, 6.45) is 0.821. The number of aliphatic hydroxyl groups excluding tert-OH is 1. The number of aliphatic hydroxyl groups is 1. The first-order valence-electron chi connectivity index (χ1n) is 6.77. The molecule has 1 unspecified atom stereocenters. The molecule has 0 aliphatic rings. The molecule has 2 rings (SSSR count). The van der Waals surface area contributed by atoms with Crippen molar-refractivity contribution >= 4 is 11.3 Å². The van der Waals surface area contributed by atoms with E-state index in [4.69, 9.17) is 4.74 Å². The van der Waals surface area contributed by atoms with Crippen LogP contribution in [0.25, 0.3) is 0 Å². The van der Waals surface area contributed by atoms with Crippen molar-refractivity contribution in [3.8, 4) is 5.75 Å². The van der Waals surface area contributed by atoms with Gasteiger partial charge >= 0.3 is 0 Å². The number of thiophene rings is 1. The lowest BCUT2D eigenvalue weighted by atomic mass is 9.88. The topological polar surface area (TPSA) is 41.5 Å². The van der Waals surface area contributed by atoms with E-state index in [0.717, 1.165) is 24.3 Å². The van der Waals surface area contributed by atoms with Crippen LogP contribution in [0.4, 0.5) is 0 Å². The molecule has 0 aliphatic heterocycles. The number of nitrogens with one attached hydrogen (secondary N) is 1. The highest BCUT2D eigenvalue weighted by molar-refractivity contribution is 7.09. The molecule has 0 aliphatic carbocycles. The third-order valence-corrected chi connectivity index (χ3v) is 4.57. The molecule has 4 heteroatoms. The summed E-state index contributed by atoms with van der Waals surface area (Å²) in [5.74, 6) is 0.829. The minimum absolute atomic E-state index is 0.0706. The Labute approximate surface area is 124 Å². The van der Waals surface area contributed by atoms with E-state index in [1.54, 1.807) is 18.4 Å². The van der Waals surface area contributed by atoms with Crippen LogP contribution in [0.5, 0.6) is 5.75 Å². The maximum atomic E-state index is 9.89. The second-order valence-electron chi connectivity index (χ2n) is 4.76. The Balaban J connectivity index is 2.18. The summed E-state index contributed by atoms with van der Waals surface area (Å²) >= 11 is 1.72. The van der Waals surface area contributed by atoms with Gasteiger partial charge in [-0.05, 0) is 35.6 Å². The van der Waals surface area contributed by atoms with E-state index >= 15 is 0 Å². The standard InChI is InChI=1S/C16H21NO2S/c1-3-16(12-18,17-11-15-5-4-10-20-15)13-6-8-14(19-2)9-7-13/h4-10,17-18H,3,11-12H2,1-2H3. The van der Waals surface area contributed by atoms with Gasteiger partial charge in [-0.15, -0.1) is 11.3 Å². The normalized spacial score (nSPS) is 13.9. The number of rotatable bonds is 7. The number of hydrogen-bond acceptors (Lipinski definition) is 4. The van der Waals surface area contributed by atoms with E-state index < -0.39 is 5.54 Å². The van der Waals surface area contributed by atoms with Crippen LogP contribution in [-0.4, -0.2) is 18.8 Å². The Morgan fingerprint density at radius 2 is 2.00 bits per heavy atom. The van der Waals surface area contributed by atoms with Crippen molar-refractivity contribution in [2.75, 3.05) is 13.7 Å². The third-order valence-electron chi connectivity index (χ3n) is 3.70. The lowest BCUT2D eigenvalue weighted by Gasteiger charge is -2.32. The van der Waals surface area contributed by atoms with Crippen LogP contribution in [0.3, 0.4) is 0 Å². The Bertz CT molecular complexity index is 504. The van der Waals surface area contributed by atoms with Crippen molar-refractivity contribution in [2.24, 2.45) is 0 Å². The monoisotopic (exact) mass is 291 g/mol.